The second kappa shape index (κ2) is 9.02. The average molecular weight is 435 g/mol. The van der Waals surface area contributed by atoms with Crippen LogP contribution in [0.25, 0.3) is 0 Å². The summed E-state index contributed by atoms with van der Waals surface area (Å²) in [7, 11) is 1.96. The number of rotatable bonds is 6. The molecule has 0 radical (unpaired) electrons. The number of nitrogens with one attached hydrogen (secondary N) is 2. The number of anilines is 2. The van der Waals surface area contributed by atoms with E-state index in [2.05, 4.69) is 34.6 Å². The molecule has 1 saturated carbocycles. The minimum Gasteiger partial charge on any atom is -0.369 e. The van der Waals surface area contributed by atoms with Crippen molar-refractivity contribution in [1.82, 2.24) is 10.2 Å². The zero-order valence-electron chi connectivity index (χ0n) is 18.6. The molecule has 0 bridgehead atoms. The summed E-state index contributed by atoms with van der Waals surface area (Å²) in [6.45, 7) is 2.55. The number of imide groups is 1. The van der Waals surface area contributed by atoms with Crippen molar-refractivity contribution >= 4 is 29.2 Å². The summed E-state index contributed by atoms with van der Waals surface area (Å²) in [6, 6.07) is 17.1. The fourth-order valence-electron chi connectivity index (χ4n) is 4.60. The standard InChI is InChI=1S/C25H30N4O3/c1-18-12-14-25(15-13-18)23(31)29(24(32)27-25)17-22(30)26-20-10-6-7-11-21(20)28(2)16-19-8-4-3-5-9-19/h3-11,18H,12-17H2,1-2H3,(H,26,30)(H,27,32). The molecule has 0 aromatic heterocycles. The van der Waals surface area contributed by atoms with Crippen LogP contribution in [0.5, 0.6) is 0 Å². The number of para-hydroxylation sites is 2. The lowest BCUT2D eigenvalue weighted by Gasteiger charge is -2.33. The first-order chi connectivity index (χ1) is 15.4. The van der Waals surface area contributed by atoms with Gasteiger partial charge in [-0.15, -0.1) is 0 Å². The van der Waals surface area contributed by atoms with Gasteiger partial charge >= 0.3 is 6.03 Å². The van der Waals surface area contributed by atoms with Crippen LogP contribution < -0.4 is 15.5 Å². The summed E-state index contributed by atoms with van der Waals surface area (Å²) in [6.07, 6.45) is 3.05. The van der Waals surface area contributed by atoms with E-state index in [4.69, 9.17) is 0 Å². The summed E-state index contributed by atoms with van der Waals surface area (Å²) in [5, 5.41) is 5.75. The Labute approximate surface area is 188 Å². The third-order valence-corrected chi connectivity index (χ3v) is 6.53. The van der Waals surface area contributed by atoms with Gasteiger partial charge in [-0.3, -0.25) is 14.5 Å². The third-order valence-electron chi connectivity index (χ3n) is 6.53. The number of carbonyl (C=O) groups is 3. The van der Waals surface area contributed by atoms with Crippen molar-refractivity contribution in [1.29, 1.82) is 0 Å². The van der Waals surface area contributed by atoms with Gasteiger partial charge in [-0.1, -0.05) is 49.4 Å². The molecule has 0 atom stereocenters. The lowest BCUT2D eigenvalue weighted by Crippen LogP contribution is -2.49. The number of nitrogens with zero attached hydrogens (tertiary/aromatic N) is 2. The predicted molar refractivity (Wildman–Crippen MR) is 124 cm³/mol. The third kappa shape index (κ3) is 4.47. The molecule has 1 spiro atoms. The van der Waals surface area contributed by atoms with Crippen LogP contribution in [-0.4, -0.2) is 41.9 Å². The molecule has 1 aliphatic carbocycles. The fraction of sp³-hybridized carbons (Fsp3) is 0.400. The van der Waals surface area contributed by atoms with E-state index in [-0.39, 0.29) is 12.5 Å². The van der Waals surface area contributed by atoms with Gasteiger partial charge in [-0.25, -0.2) is 4.79 Å². The second-order valence-corrected chi connectivity index (χ2v) is 8.99. The zero-order valence-corrected chi connectivity index (χ0v) is 18.6. The lowest BCUT2D eigenvalue weighted by atomic mass is 9.77. The van der Waals surface area contributed by atoms with Crippen LogP contribution >= 0.6 is 0 Å². The van der Waals surface area contributed by atoms with Gasteiger partial charge in [0.05, 0.1) is 11.4 Å². The van der Waals surface area contributed by atoms with E-state index in [1.807, 2.05) is 49.5 Å². The first-order valence-corrected chi connectivity index (χ1v) is 11.2. The Kier molecular flexibility index (Phi) is 6.17. The molecule has 1 aliphatic heterocycles. The van der Waals surface area contributed by atoms with Gasteiger partial charge in [0, 0.05) is 13.6 Å². The van der Waals surface area contributed by atoms with Crippen molar-refractivity contribution in [2.75, 3.05) is 23.8 Å². The minimum absolute atomic E-state index is 0.279. The van der Waals surface area contributed by atoms with Crippen LogP contribution in [0.4, 0.5) is 16.2 Å². The van der Waals surface area contributed by atoms with Crippen molar-refractivity contribution in [3.8, 4) is 0 Å². The van der Waals surface area contributed by atoms with Crippen molar-refractivity contribution in [2.24, 2.45) is 5.92 Å². The Bertz CT molecular complexity index is 999. The molecule has 4 rings (SSSR count). The Hall–Kier alpha value is -3.35. The SMILES string of the molecule is CC1CCC2(CC1)NC(=O)N(CC(=O)Nc1ccccc1N(C)Cc1ccccc1)C2=O. The minimum atomic E-state index is -0.836. The maximum Gasteiger partial charge on any atom is 0.325 e. The van der Waals surface area contributed by atoms with Gasteiger partial charge in [0.15, 0.2) is 0 Å². The van der Waals surface area contributed by atoms with E-state index in [0.29, 0.717) is 31.0 Å². The first-order valence-electron chi connectivity index (χ1n) is 11.2. The van der Waals surface area contributed by atoms with Gasteiger partial charge in [0.2, 0.25) is 5.91 Å². The topological polar surface area (TPSA) is 81.8 Å². The number of hydrogen-bond donors (Lipinski definition) is 2. The highest BCUT2D eigenvalue weighted by molar-refractivity contribution is 6.10. The van der Waals surface area contributed by atoms with E-state index in [1.165, 1.54) is 0 Å². The molecule has 2 aromatic rings. The molecule has 1 saturated heterocycles. The first kappa shape index (κ1) is 21.9. The monoisotopic (exact) mass is 434 g/mol. The molecule has 168 valence electrons. The Morgan fingerprint density at radius 3 is 2.47 bits per heavy atom. The summed E-state index contributed by atoms with van der Waals surface area (Å²) in [4.78, 5) is 41.5. The maximum absolute atomic E-state index is 13.0. The lowest BCUT2D eigenvalue weighted by molar-refractivity contribution is -0.135. The van der Waals surface area contributed by atoms with Crippen LogP contribution in [0.3, 0.4) is 0 Å². The predicted octanol–water partition coefficient (Wildman–Crippen LogP) is 3.76. The normalized spacial score (nSPS) is 22.7. The van der Waals surface area contributed by atoms with E-state index < -0.39 is 17.5 Å². The van der Waals surface area contributed by atoms with Gasteiger partial charge < -0.3 is 15.5 Å². The Balaban J connectivity index is 1.42. The molecule has 2 aromatic carbocycles. The Morgan fingerprint density at radius 2 is 1.75 bits per heavy atom. The summed E-state index contributed by atoms with van der Waals surface area (Å²) in [5.41, 5.74) is 1.82. The number of benzene rings is 2. The highest BCUT2D eigenvalue weighted by Gasteiger charge is 2.52. The van der Waals surface area contributed by atoms with Gasteiger partial charge in [-0.2, -0.15) is 0 Å². The Morgan fingerprint density at radius 1 is 1.09 bits per heavy atom. The molecule has 2 fully saturated rings. The summed E-state index contributed by atoms with van der Waals surface area (Å²) < 4.78 is 0. The van der Waals surface area contributed by atoms with E-state index in [9.17, 15) is 14.4 Å². The van der Waals surface area contributed by atoms with Crippen LogP contribution in [-0.2, 0) is 16.1 Å². The van der Waals surface area contributed by atoms with Crippen molar-refractivity contribution < 1.29 is 14.4 Å². The molecule has 7 heteroatoms. The number of urea groups is 1. The largest absolute Gasteiger partial charge is 0.369 e. The van der Waals surface area contributed by atoms with Crippen molar-refractivity contribution in [2.45, 2.75) is 44.7 Å². The fourth-order valence-corrected chi connectivity index (χ4v) is 4.60. The maximum atomic E-state index is 13.0. The molecule has 2 aliphatic rings. The second-order valence-electron chi connectivity index (χ2n) is 8.99. The summed E-state index contributed by atoms with van der Waals surface area (Å²) >= 11 is 0. The highest BCUT2D eigenvalue weighted by atomic mass is 16.2. The van der Waals surface area contributed by atoms with Gasteiger partial charge in [0.25, 0.3) is 5.91 Å². The molecule has 0 unspecified atom stereocenters. The number of hydrogen-bond acceptors (Lipinski definition) is 4. The van der Waals surface area contributed by atoms with Crippen molar-refractivity contribution in [3.63, 3.8) is 0 Å². The zero-order chi connectivity index (χ0) is 22.7. The number of amides is 4. The van der Waals surface area contributed by atoms with Gasteiger partial charge in [0.1, 0.15) is 12.1 Å². The quantitative estimate of drug-likeness (QED) is 0.679. The molecule has 2 N–H and O–H groups in total. The molecular weight excluding hydrogens is 404 g/mol. The molecule has 4 amide bonds. The highest BCUT2D eigenvalue weighted by Crippen LogP contribution is 2.36. The van der Waals surface area contributed by atoms with E-state index in [0.717, 1.165) is 29.0 Å². The van der Waals surface area contributed by atoms with Crippen LogP contribution in [0.1, 0.15) is 38.2 Å². The smallest absolute Gasteiger partial charge is 0.325 e. The molecule has 7 nitrogen and oxygen atoms in total. The van der Waals surface area contributed by atoms with Crippen LogP contribution in [0.2, 0.25) is 0 Å². The molecule has 32 heavy (non-hydrogen) atoms. The van der Waals surface area contributed by atoms with E-state index in [1.54, 1.807) is 0 Å². The van der Waals surface area contributed by atoms with Gasteiger partial charge in [-0.05, 0) is 49.3 Å². The molecule has 1 heterocycles. The van der Waals surface area contributed by atoms with Crippen LogP contribution in [0.15, 0.2) is 54.6 Å². The average Bonchev–Trinajstić information content (AvgIpc) is 3.01. The molecular formula is C25H30N4O3. The van der Waals surface area contributed by atoms with Crippen LogP contribution in [0, 0.1) is 5.92 Å². The number of carbonyl (C=O) groups excluding carboxylic acids is 3. The van der Waals surface area contributed by atoms with E-state index >= 15 is 0 Å². The summed E-state index contributed by atoms with van der Waals surface area (Å²) in [5.74, 6) is -0.124. The van der Waals surface area contributed by atoms with Crippen molar-refractivity contribution in [3.05, 3.63) is 60.2 Å².